The quantitative estimate of drug-likeness (QED) is 0.686. The number of anilines is 1. The minimum absolute atomic E-state index is 0.00724. The maximum atomic E-state index is 13.4. The van der Waals surface area contributed by atoms with Gasteiger partial charge in [-0.3, -0.25) is 19.3 Å². The number of amides is 2. The van der Waals surface area contributed by atoms with Crippen LogP contribution in [0.4, 0.5) is 23.2 Å². The molecule has 1 fully saturated rings. The molecule has 162 valence electrons. The van der Waals surface area contributed by atoms with Gasteiger partial charge < -0.3 is 11.1 Å². The smallest absolute Gasteiger partial charge is 0.282 e. The Bertz CT molecular complexity index is 950. The minimum atomic E-state index is -2.89. The van der Waals surface area contributed by atoms with Crippen molar-refractivity contribution in [3.63, 3.8) is 0 Å². The van der Waals surface area contributed by atoms with Crippen LogP contribution in [0.3, 0.4) is 0 Å². The maximum Gasteiger partial charge on any atom is 0.282 e. The zero-order valence-corrected chi connectivity index (χ0v) is 16.2. The summed E-state index contributed by atoms with van der Waals surface area (Å²) in [6.45, 7) is 1.44. The van der Waals surface area contributed by atoms with E-state index in [1.165, 1.54) is 25.3 Å². The molecule has 2 amide bonds. The van der Waals surface area contributed by atoms with E-state index in [1.54, 1.807) is 0 Å². The van der Waals surface area contributed by atoms with Crippen LogP contribution in [0.25, 0.3) is 0 Å². The lowest BCUT2D eigenvalue weighted by Gasteiger charge is -2.28. The van der Waals surface area contributed by atoms with Gasteiger partial charge in [-0.05, 0) is 37.8 Å². The summed E-state index contributed by atoms with van der Waals surface area (Å²) < 4.78 is 54.7. The molecule has 2 heterocycles. The first-order valence-corrected chi connectivity index (χ1v) is 9.38. The lowest BCUT2D eigenvalue weighted by molar-refractivity contribution is -0.0477. The maximum absolute atomic E-state index is 13.4. The third-order valence-electron chi connectivity index (χ3n) is 5.19. The molecule has 0 aliphatic heterocycles. The van der Waals surface area contributed by atoms with E-state index in [9.17, 15) is 27.2 Å². The summed E-state index contributed by atoms with van der Waals surface area (Å²) >= 11 is 0. The molecule has 3 N–H and O–H groups in total. The second-order valence-corrected chi connectivity index (χ2v) is 7.39. The van der Waals surface area contributed by atoms with Crippen LogP contribution in [-0.2, 0) is 6.54 Å². The zero-order chi connectivity index (χ0) is 22.1. The number of pyridine rings is 1. The molecule has 1 aliphatic carbocycles. The third-order valence-corrected chi connectivity index (χ3v) is 5.19. The Labute approximate surface area is 169 Å². The van der Waals surface area contributed by atoms with E-state index in [0.29, 0.717) is 0 Å². The molecule has 3 rings (SSSR count). The van der Waals surface area contributed by atoms with Gasteiger partial charge in [0.25, 0.3) is 18.2 Å². The average molecular weight is 427 g/mol. The highest BCUT2D eigenvalue weighted by Gasteiger charge is 2.36. The van der Waals surface area contributed by atoms with Crippen molar-refractivity contribution in [2.45, 2.75) is 51.5 Å². The molecule has 0 bridgehead atoms. The van der Waals surface area contributed by atoms with E-state index in [4.69, 9.17) is 5.73 Å². The molecule has 2 aromatic heterocycles. The van der Waals surface area contributed by atoms with Crippen LogP contribution in [0.2, 0.25) is 0 Å². The van der Waals surface area contributed by atoms with Crippen molar-refractivity contribution < 1.29 is 27.2 Å². The molecular weight excluding hydrogens is 406 g/mol. The fraction of sp³-hybridized carbons (Fsp3) is 0.474. The minimum Gasteiger partial charge on any atom is -0.364 e. The van der Waals surface area contributed by atoms with E-state index in [2.05, 4.69) is 15.4 Å². The molecule has 7 nitrogen and oxygen atoms in total. The van der Waals surface area contributed by atoms with Crippen molar-refractivity contribution in [2.75, 3.05) is 5.32 Å². The SMILES string of the molecule is Cc1c(C(F)F)nn(CC2CCC(F)(F)CC2)c1C(=O)Nc1ccnc(C(N)=O)c1. The molecule has 0 spiro atoms. The predicted octanol–water partition coefficient (Wildman–Crippen LogP) is 3.70. The predicted molar refractivity (Wildman–Crippen MR) is 99.5 cm³/mol. The number of halogens is 4. The monoisotopic (exact) mass is 427 g/mol. The summed E-state index contributed by atoms with van der Waals surface area (Å²) in [7, 11) is 0. The van der Waals surface area contributed by atoms with Crippen LogP contribution in [0.5, 0.6) is 0 Å². The molecule has 0 atom stereocenters. The summed E-state index contributed by atoms with van der Waals surface area (Å²) in [5.74, 6) is -4.43. The van der Waals surface area contributed by atoms with Crippen molar-refractivity contribution in [1.29, 1.82) is 0 Å². The molecule has 1 aliphatic rings. The zero-order valence-electron chi connectivity index (χ0n) is 16.2. The molecule has 11 heteroatoms. The number of nitrogens with two attached hydrogens (primary N) is 1. The molecule has 2 aromatic rings. The van der Waals surface area contributed by atoms with Gasteiger partial charge in [0.1, 0.15) is 17.1 Å². The lowest BCUT2D eigenvalue weighted by Crippen LogP contribution is -2.28. The van der Waals surface area contributed by atoms with Crippen LogP contribution in [-0.4, -0.2) is 32.5 Å². The van der Waals surface area contributed by atoms with Crippen LogP contribution in [0.1, 0.15) is 64.3 Å². The number of nitrogens with zero attached hydrogens (tertiary/aromatic N) is 3. The number of hydrogen-bond acceptors (Lipinski definition) is 4. The van der Waals surface area contributed by atoms with Crippen LogP contribution in [0.15, 0.2) is 18.3 Å². The van der Waals surface area contributed by atoms with E-state index in [1.807, 2.05) is 0 Å². The van der Waals surface area contributed by atoms with Crippen molar-refractivity contribution in [3.8, 4) is 0 Å². The number of alkyl halides is 4. The first-order chi connectivity index (χ1) is 14.1. The standard InChI is InChI=1S/C19H21F4N5O2/c1-10-14(16(20)21)27-28(9-11-2-5-19(22,23)6-3-11)15(10)18(30)26-12-4-7-25-13(8-12)17(24)29/h4,7-8,11,16H,2-3,5-6,9H2,1H3,(H2,24,29)(H,25,26,30). The van der Waals surface area contributed by atoms with E-state index >= 15 is 0 Å². The first kappa shape index (κ1) is 21.7. The second kappa shape index (κ2) is 8.41. The van der Waals surface area contributed by atoms with Crippen LogP contribution in [0, 0.1) is 12.8 Å². The Kier molecular flexibility index (Phi) is 6.09. The first-order valence-electron chi connectivity index (χ1n) is 9.38. The highest BCUT2D eigenvalue weighted by atomic mass is 19.3. The van der Waals surface area contributed by atoms with Gasteiger partial charge in [-0.2, -0.15) is 5.10 Å². The molecule has 0 saturated heterocycles. The number of carbonyl (C=O) groups is 2. The van der Waals surface area contributed by atoms with Gasteiger partial charge in [0.05, 0.1) is 0 Å². The number of nitrogens with one attached hydrogen (secondary N) is 1. The van der Waals surface area contributed by atoms with E-state index in [0.717, 1.165) is 4.68 Å². The van der Waals surface area contributed by atoms with Gasteiger partial charge in [-0.1, -0.05) is 0 Å². The molecule has 0 unspecified atom stereocenters. The number of aromatic nitrogens is 3. The Morgan fingerprint density at radius 3 is 2.60 bits per heavy atom. The Hall–Kier alpha value is -2.98. The van der Waals surface area contributed by atoms with Crippen molar-refractivity contribution >= 4 is 17.5 Å². The Morgan fingerprint density at radius 2 is 2.00 bits per heavy atom. The second-order valence-electron chi connectivity index (χ2n) is 7.39. The summed E-state index contributed by atoms with van der Waals surface area (Å²) in [5.41, 5.74) is 4.68. The van der Waals surface area contributed by atoms with Gasteiger partial charge in [-0.25, -0.2) is 17.6 Å². The fourth-order valence-electron chi connectivity index (χ4n) is 3.56. The summed E-state index contributed by atoms with van der Waals surface area (Å²) in [6, 6.07) is 2.67. The van der Waals surface area contributed by atoms with Crippen LogP contribution < -0.4 is 11.1 Å². The van der Waals surface area contributed by atoms with Crippen LogP contribution >= 0.6 is 0 Å². The summed E-state index contributed by atoms with van der Waals surface area (Å²) in [6.07, 6.45) is -1.77. The fourth-order valence-corrected chi connectivity index (χ4v) is 3.56. The highest BCUT2D eigenvalue weighted by molar-refractivity contribution is 6.04. The average Bonchev–Trinajstić information content (AvgIpc) is 3.00. The topological polar surface area (TPSA) is 103 Å². The van der Waals surface area contributed by atoms with Gasteiger partial charge in [0.15, 0.2) is 0 Å². The van der Waals surface area contributed by atoms with Crippen molar-refractivity contribution in [3.05, 3.63) is 41.0 Å². The summed E-state index contributed by atoms with van der Waals surface area (Å²) in [4.78, 5) is 27.9. The molecule has 0 aromatic carbocycles. The van der Waals surface area contributed by atoms with Gasteiger partial charge in [0, 0.05) is 36.8 Å². The Morgan fingerprint density at radius 1 is 1.33 bits per heavy atom. The largest absolute Gasteiger partial charge is 0.364 e. The molecule has 0 radical (unpaired) electrons. The van der Waals surface area contributed by atoms with Gasteiger partial charge in [-0.15, -0.1) is 0 Å². The summed E-state index contributed by atoms with van der Waals surface area (Å²) in [5, 5.41) is 6.40. The van der Waals surface area contributed by atoms with Crippen molar-refractivity contribution in [1.82, 2.24) is 14.8 Å². The number of hydrogen-bond donors (Lipinski definition) is 2. The molecular formula is C19H21F4N5O2. The normalized spacial score (nSPS) is 16.6. The van der Waals surface area contributed by atoms with Gasteiger partial charge in [0.2, 0.25) is 5.92 Å². The number of rotatable bonds is 6. The third kappa shape index (κ3) is 4.77. The number of carbonyl (C=O) groups excluding carboxylic acids is 2. The molecule has 30 heavy (non-hydrogen) atoms. The number of primary amides is 1. The van der Waals surface area contributed by atoms with Gasteiger partial charge >= 0.3 is 0 Å². The highest BCUT2D eigenvalue weighted by Crippen LogP contribution is 2.37. The molecule has 1 saturated carbocycles. The van der Waals surface area contributed by atoms with E-state index < -0.39 is 29.9 Å². The lowest BCUT2D eigenvalue weighted by atomic mass is 9.87. The van der Waals surface area contributed by atoms with Crippen molar-refractivity contribution in [2.24, 2.45) is 11.7 Å². The van der Waals surface area contributed by atoms with E-state index in [-0.39, 0.29) is 60.8 Å². The Balaban J connectivity index is 1.86.